The molecule has 20 heavy (non-hydrogen) atoms. The summed E-state index contributed by atoms with van der Waals surface area (Å²) in [7, 11) is 0. The lowest BCUT2D eigenvalue weighted by molar-refractivity contribution is -0.122. The lowest BCUT2D eigenvalue weighted by atomic mass is 10.2. The molecule has 0 aromatic heterocycles. The third-order valence-electron chi connectivity index (χ3n) is 2.38. The number of hydrogen-bond donors (Lipinski definition) is 2. The molecule has 0 heterocycles. The molecule has 0 saturated carbocycles. The van der Waals surface area contributed by atoms with Crippen molar-refractivity contribution in [3.63, 3.8) is 0 Å². The third-order valence-corrected chi connectivity index (χ3v) is 2.38. The Balaban J connectivity index is 2.38. The van der Waals surface area contributed by atoms with E-state index in [1.807, 2.05) is 12.1 Å². The molecule has 5 nitrogen and oxygen atoms in total. The van der Waals surface area contributed by atoms with Crippen LogP contribution in [0.1, 0.15) is 33.3 Å². The number of alkyl carbamates (subject to hydrolysis) is 1. The summed E-state index contributed by atoms with van der Waals surface area (Å²) in [5.41, 5.74) is 0.391. The molecule has 1 atom stereocenters. The van der Waals surface area contributed by atoms with E-state index in [1.165, 1.54) is 0 Å². The van der Waals surface area contributed by atoms with Gasteiger partial charge in [0.1, 0.15) is 11.6 Å². The summed E-state index contributed by atoms with van der Waals surface area (Å²) in [4.78, 5) is 23.4. The molecular formula is C15H21N2O3. The van der Waals surface area contributed by atoms with Gasteiger partial charge in [0.25, 0.3) is 0 Å². The molecule has 1 rings (SSSR count). The van der Waals surface area contributed by atoms with Crippen molar-refractivity contribution in [3.05, 3.63) is 35.9 Å². The number of ether oxygens (including phenoxy) is 1. The summed E-state index contributed by atoms with van der Waals surface area (Å²) in [5, 5.41) is 5.24. The molecule has 0 saturated heterocycles. The van der Waals surface area contributed by atoms with Crippen LogP contribution in [0.15, 0.2) is 24.3 Å². The van der Waals surface area contributed by atoms with E-state index in [2.05, 4.69) is 16.7 Å². The van der Waals surface area contributed by atoms with Crippen LogP contribution in [0.4, 0.5) is 4.79 Å². The van der Waals surface area contributed by atoms with Gasteiger partial charge in [-0.05, 0) is 39.3 Å². The number of carbonyl (C=O) groups excluding carboxylic acids is 2. The molecule has 0 bridgehead atoms. The van der Waals surface area contributed by atoms with Gasteiger partial charge < -0.3 is 15.4 Å². The maximum Gasteiger partial charge on any atom is 0.408 e. The second-order valence-electron chi connectivity index (χ2n) is 5.49. The molecule has 0 aliphatic carbocycles. The first kappa shape index (κ1) is 16.0. The maximum absolute atomic E-state index is 11.8. The molecule has 1 aromatic carbocycles. The van der Waals surface area contributed by atoms with Crippen molar-refractivity contribution in [2.45, 2.75) is 45.9 Å². The predicted molar refractivity (Wildman–Crippen MR) is 76.0 cm³/mol. The van der Waals surface area contributed by atoms with E-state index in [4.69, 9.17) is 4.74 Å². The largest absolute Gasteiger partial charge is 0.444 e. The van der Waals surface area contributed by atoms with Gasteiger partial charge in [0, 0.05) is 6.54 Å². The van der Waals surface area contributed by atoms with Gasteiger partial charge in [0.2, 0.25) is 5.91 Å². The van der Waals surface area contributed by atoms with Gasteiger partial charge >= 0.3 is 6.09 Å². The van der Waals surface area contributed by atoms with Crippen LogP contribution in [0.2, 0.25) is 0 Å². The number of benzene rings is 1. The number of nitrogens with one attached hydrogen (secondary N) is 2. The van der Waals surface area contributed by atoms with Gasteiger partial charge in [-0.2, -0.15) is 0 Å². The number of carbonyl (C=O) groups is 2. The summed E-state index contributed by atoms with van der Waals surface area (Å²) in [6, 6.07) is 9.55. The smallest absolute Gasteiger partial charge is 0.408 e. The Morgan fingerprint density at radius 1 is 1.30 bits per heavy atom. The standard InChI is InChI=1S/C15H21N2O3/c1-11(17-14(19)20-15(2,3)4)13(18)16-10-12-8-6-5-7-9-12/h6-9,11H,10H2,1-4H3,(H,16,18)(H,17,19)/t11-/m0/s1. The van der Waals surface area contributed by atoms with Crippen LogP contribution in [0.5, 0.6) is 0 Å². The Morgan fingerprint density at radius 3 is 2.45 bits per heavy atom. The van der Waals surface area contributed by atoms with Crippen molar-refractivity contribution < 1.29 is 14.3 Å². The van der Waals surface area contributed by atoms with Gasteiger partial charge in [-0.3, -0.25) is 4.79 Å². The fourth-order valence-corrected chi connectivity index (χ4v) is 1.43. The molecular weight excluding hydrogens is 256 g/mol. The van der Waals surface area contributed by atoms with Crippen molar-refractivity contribution in [3.8, 4) is 0 Å². The van der Waals surface area contributed by atoms with Gasteiger partial charge in [-0.15, -0.1) is 0 Å². The van der Waals surface area contributed by atoms with Crippen LogP contribution >= 0.6 is 0 Å². The van der Waals surface area contributed by atoms with E-state index < -0.39 is 17.7 Å². The van der Waals surface area contributed by atoms with Crippen molar-refractivity contribution in [1.82, 2.24) is 10.6 Å². The highest BCUT2D eigenvalue weighted by molar-refractivity contribution is 5.85. The molecule has 1 aromatic rings. The Kier molecular flexibility index (Phi) is 5.55. The van der Waals surface area contributed by atoms with E-state index in [0.29, 0.717) is 6.54 Å². The van der Waals surface area contributed by atoms with Gasteiger partial charge in [-0.1, -0.05) is 24.3 Å². The lowest BCUT2D eigenvalue weighted by Gasteiger charge is -2.21. The first-order valence-corrected chi connectivity index (χ1v) is 6.50. The quantitative estimate of drug-likeness (QED) is 0.884. The number of amides is 2. The molecule has 1 radical (unpaired) electrons. The summed E-state index contributed by atoms with van der Waals surface area (Å²) in [5.74, 6) is -0.260. The molecule has 109 valence electrons. The van der Waals surface area contributed by atoms with Crippen LogP contribution in [-0.4, -0.2) is 23.6 Å². The second-order valence-corrected chi connectivity index (χ2v) is 5.49. The monoisotopic (exact) mass is 277 g/mol. The summed E-state index contributed by atoms with van der Waals surface area (Å²) >= 11 is 0. The zero-order valence-electron chi connectivity index (χ0n) is 12.3. The number of hydrogen-bond acceptors (Lipinski definition) is 3. The average molecular weight is 277 g/mol. The van der Waals surface area contributed by atoms with Crippen LogP contribution in [0.25, 0.3) is 0 Å². The highest BCUT2D eigenvalue weighted by atomic mass is 16.6. The topological polar surface area (TPSA) is 67.4 Å². The SMILES string of the molecule is C[C@H](NC(=O)OC(C)(C)C)C(=O)NCc1cc[c]cc1. The second kappa shape index (κ2) is 6.93. The molecule has 0 spiro atoms. The molecule has 0 fully saturated rings. The van der Waals surface area contributed by atoms with Crippen LogP contribution in [0.3, 0.4) is 0 Å². The highest BCUT2D eigenvalue weighted by Crippen LogP contribution is 2.06. The minimum atomic E-state index is -0.653. The number of rotatable bonds is 4. The molecule has 2 N–H and O–H groups in total. The maximum atomic E-state index is 11.8. The highest BCUT2D eigenvalue weighted by Gasteiger charge is 2.20. The normalized spacial score (nSPS) is 12.4. The summed E-state index contributed by atoms with van der Waals surface area (Å²) in [6.45, 7) is 7.32. The average Bonchev–Trinajstić information content (AvgIpc) is 2.34. The van der Waals surface area contributed by atoms with E-state index >= 15 is 0 Å². The predicted octanol–water partition coefficient (Wildman–Crippen LogP) is 2.02. The van der Waals surface area contributed by atoms with Gasteiger partial charge in [0.05, 0.1) is 0 Å². The first-order valence-electron chi connectivity index (χ1n) is 6.50. The van der Waals surface area contributed by atoms with Crippen molar-refractivity contribution >= 4 is 12.0 Å². The van der Waals surface area contributed by atoms with E-state index in [-0.39, 0.29) is 5.91 Å². The minimum absolute atomic E-state index is 0.260. The van der Waals surface area contributed by atoms with E-state index in [1.54, 1.807) is 39.8 Å². The molecule has 0 aliphatic heterocycles. The lowest BCUT2D eigenvalue weighted by Crippen LogP contribution is -2.46. The summed E-state index contributed by atoms with van der Waals surface area (Å²) < 4.78 is 5.09. The Labute approximate surface area is 119 Å². The first-order chi connectivity index (χ1) is 9.28. The Hall–Kier alpha value is -2.04. The fraction of sp³-hybridized carbons (Fsp3) is 0.467. The fourth-order valence-electron chi connectivity index (χ4n) is 1.43. The van der Waals surface area contributed by atoms with E-state index in [9.17, 15) is 9.59 Å². The van der Waals surface area contributed by atoms with Crippen LogP contribution in [-0.2, 0) is 16.1 Å². The molecule has 2 amide bonds. The Morgan fingerprint density at radius 2 is 1.90 bits per heavy atom. The minimum Gasteiger partial charge on any atom is -0.444 e. The summed E-state index contributed by atoms with van der Waals surface area (Å²) in [6.07, 6.45) is -0.602. The van der Waals surface area contributed by atoms with Crippen molar-refractivity contribution in [1.29, 1.82) is 0 Å². The molecule has 5 heteroatoms. The molecule has 0 unspecified atom stereocenters. The van der Waals surface area contributed by atoms with Crippen molar-refractivity contribution in [2.24, 2.45) is 0 Å². The zero-order chi connectivity index (χ0) is 15.2. The zero-order valence-corrected chi connectivity index (χ0v) is 12.3. The third kappa shape index (κ3) is 6.22. The van der Waals surface area contributed by atoms with E-state index in [0.717, 1.165) is 5.56 Å². The van der Waals surface area contributed by atoms with Crippen LogP contribution in [0, 0.1) is 6.07 Å². The Bertz CT molecular complexity index is 452. The van der Waals surface area contributed by atoms with Gasteiger partial charge in [-0.25, -0.2) is 4.79 Å². The van der Waals surface area contributed by atoms with Crippen molar-refractivity contribution in [2.75, 3.05) is 0 Å². The van der Waals surface area contributed by atoms with Gasteiger partial charge in [0.15, 0.2) is 0 Å². The van der Waals surface area contributed by atoms with Crippen LogP contribution < -0.4 is 10.6 Å². The molecule has 0 aliphatic rings.